The van der Waals surface area contributed by atoms with Gasteiger partial charge in [-0.05, 0) is 24.8 Å². The summed E-state index contributed by atoms with van der Waals surface area (Å²) in [5.74, 6) is -1.41. The lowest BCUT2D eigenvalue weighted by Crippen LogP contribution is -2.46. The third-order valence-corrected chi connectivity index (χ3v) is 7.30. The van der Waals surface area contributed by atoms with Crippen LogP contribution in [0.3, 0.4) is 0 Å². The zero-order chi connectivity index (χ0) is 25.5. The van der Waals surface area contributed by atoms with Crippen LogP contribution in [0.2, 0.25) is 0 Å². The van der Waals surface area contributed by atoms with Gasteiger partial charge in [0.15, 0.2) is 23.1 Å². The van der Waals surface area contributed by atoms with Crippen molar-refractivity contribution < 1.29 is 27.8 Å². The van der Waals surface area contributed by atoms with E-state index in [9.17, 15) is 4.79 Å². The highest BCUT2D eigenvalue weighted by atomic mass is 32.3. The van der Waals surface area contributed by atoms with Crippen molar-refractivity contribution >= 4 is 38.5 Å². The van der Waals surface area contributed by atoms with E-state index >= 15 is 8.78 Å². The Bertz CT molecular complexity index is 1250. The minimum Gasteiger partial charge on any atom is -0.493 e. The van der Waals surface area contributed by atoms with E-state index in [0.717, 1.165) is 22.1 Å². The van der Waals surface area contributed by atoms with Crippen LogP contribution in [0.5, 0.6) is 11.5 Å². The average Bonchev–Trinajstić information content (AvgIpc) is 3.22. The number of nitrogens with zero attached hydrogens (tertiary/aromatic N) is 4. The summed E-state index contributed by atoms with van der Waals surface area (Å²) < 4.78 is 48.0. The molecule has 8 nitrogen and oxygen atoms in total. The van der Waals surface area contributed by atoms with Gasteiger partial charge in [0.1, 0.15) is 18.1 Å². The standard InChI is InChI=1S/C24H30F2N4O4S/c1-28-21-15(12-27-23-16(21)7-8-29(23)14-34-9-10-35(4,5)6)13-30(24(28)31)22-19(25)17(32-2)11-18(33-3)20(22)26/h7-8,11-12H,9-10,13-14H2,1-6H3. The van der Waals surface area contributed by atoms with Crippen LogP contribution in [0, 0.1) is 11.6 Å². The number of amides is 2. The van der Waals surface area contributed by atoms with E-state index in [2.05, 4.69) is 23.8 Å². The van der Waals surface area contributed by atoms with Gasteiger partial charge in [-0.3, -0.25) is 9.80 Å². The number of rotatable bonds is 8. The van der Waals surface area contributed by atoms with Gasteiger partial charge < -0.3 is 18.8 Å². The molecule has 0 spiro atoms. The molecular formula is C24H30F2N4O4S. The molecule has 3 aromatic rings. The molecule has 1 aliphatic heterocycles. The number of urea groups is 1. The number of carbonyl (C=O) groups is 1. The van der Waals surface area contributed by atoms with Gasteiger partial charge in [-0.15, -0.1) is 0 Å². The first-order valence-electron chi connectivity index (χ1n) is 10.9. The monoisotopic (exact) mass is 508 g/mol. The molecule has 11 heteroatoms. The zero-order valence-corrected chi connectivity index (χ0v) is 21.5. The molecule has 1 aromatic carbocycles. The van der Waals surface area contributed by atoms with Gasteiger partial charge in [0, 0.05) is 42.2 Å². The van der Waals surface area contributed by atoms with Gasteiger partial charge in [-0.2, -0.15) is 0 Å². The predicted molar refractivity (Wildman–Crippen MR) is 135 cm³/mol. The maximum absolute atomic E-state index is 15.1. The fourth-order valence-corrected chi connectivity index (χ4v) is 4.67. The van der Waals surface area contributed by atoms with Crippen LogP contribution in [0.4, 0.5) is 25.0 Å². The zero-order valence-electron chi connectivity index (χ0n) is 20.7. The van der Waals surface area contributed by atoms with Crippen molar-refractivity contribution in [2.45, 2.75) is 13.3 Å². The van der Waals surface area contributed by atoms with Crippen molar-refractivity contribution in [3.63, 3.8) is 0 Å². The first-order valence-corrected chi connectivity index (χ1v) is 14.0. The Kier molecular flexibility index (Phi) is 6.83. The Morgan fingerprint density at radius 2 is 1.74 bits per heavy atom. The second-order valence-corrected chi connectivity index (χ2v) is 13.8. The summed E-state index contributed by atoms with van der Waals surface area (Å²) in [7, 11) is 3.45. The van der Waals surface area contributed by atoms with Gasteiger partial charge in [0.2, 0.25) is 0 Å². The van der Waals surface area contributed by atoms with Gasteiger partial charge in [-0.1, -0.05) is 0 Å². The van der Waals surface area contributed by atoms with Crippen LogP contribution in [0.25, 0.3) is 11.0 Å². The minimum absolute atomic E-state index is 0.0678. The predicted octanol–water partition coefficient (Wildman–Crippen LogP) is 4.58. The van der Waals surface area contributed by atoms with Crippen molar-refractivity contribution in [2.75, 3.05) is 62.2 Å². The van der Waals surface area contributed by atoms with E-state index in [0.29, 0.717) is 30.2 Å². The van der Waals surface area contributed by atoms with Crippen molar-refractivity contribution in [1.29, 1.82) is 0 Å². The molecule has 0 bridgehead atoms. The van der Waals surface area contributed by atoms with Crippen LogP contribution in [-0.4, -0.2) is 68.0 Å². The van der Waals surface area contributed by atoms with E-state index in [4.69, 9.17) is 14.2 Å². The van der Waals surface area contributed by atoms with Crippen LogP contribution in [0.15, 0.2) is 24.5 Å². The number of pyridine rings is 1. The molecule has 0 unspecified atom stereocenters. The molecule has 2 aromatic heterocycles. The molecule has 0 atom stereocenters. The first-order chi connectivity index (χ1) is 16.6. The fourth-order valence-electron chi connectivity index (χ4n) is 4.05. The van der Waals surface area contributed by atoms with Gasteiger partial charge >= 0.3 is 6.03 Å². The summed E-state index contributed by atoms with van der Waals surface area (Å²) in [5, 5.41) is 0.757. The number of halogens is 2. The molecule has 0 saturated carbocycles. The lowest BCUT2D eigenvalue weighted by molar-refractivity contribution is 0.0924. The highest BCUT2D eigenvalue weighted by Crippen LogP contribution is 2.42. The number of aromatic nitrogens is 2. The van der Waals surface area contributed by atoms with Crippen LogP contribution >= 0.6 is 10.0 Å². The van der Waals surface area contributed by atoms with Crippen molar-refractivity contribution in [3.05, 3.63) is 41.7 Å². The van der Waals surface area contributed by atoms with Crippen LogP contribution < -0.4 is 19.3 Å². The van der Waals surface area contributed by atoms with Gasteiger partial charge in [0.25, 0.3) is 0 Å². The molecule has 0 fully saturated rings. The summed E-state index contributed by atoms with van der Waals surface area (Å²) in [5.41, 5.74) is 1.43. The Hall–Kier alpha value is -3.05. The third kappa shape index (κ3) is 4.62. The number of hydrogen-bond donors (Lipinski definition) is 0. The van der Waals surface area contributed by atoms with Crippen LogP contribution in [-0.2, 0) is 18.0 Å². The average molecular weight is 509 g/mol. The Balaban J connectivity index is 1.68. The number of carbonyl (C=O) groups excluding carboxylic acids is 1. The minimum atomic E-state index is -0.981. The molecule has 3 heterocycles. The fraction of sp³-hybridized carbons (Fsp3) is 0.417. The molecule has 2 amide bonds. The van der Waals surface area contributed by atoms with Crippen molar-refractivity contribution in [2.24, 2.45) is 0 Å². The quantitative estimate of drug-likeness (QED) is 0.417. The molecule has 0 N–H and O–H groups in total. The van der Waals surface area contributed by atoms with Crippen LogP contribution in [0.1, 0.15) is 5.56 Å². The van der Waals surface area contributed by atoms with E-state index in [-0.39, 0.29) is 18.0 Å². The topological polar surface area (TPSA) is 69.1 Å². The number of hydrogen-bond acceptors (Lipinski definition) is 5. The van der Waals surface area contributed by atoms with E-state index in [1.165, 1.54) is 19.1 Å². The lowest BCUT2D eigenvalue weighted by atomic mass is 10.1. The number of methoxy groups -OCH3 is 2. The Morgan fingerprint density at radius 3 is 2.34 bits per heavy atom. The molecule has 0 saturated heterocycles. The smallest absolute Gasteiger partial charge is 0.329 e. The van der Waals surface area contributed by atoms with E-state index in [1.807, 2.05) is 16.8 Å². The molecule has 0 radical (unpaired) electrons. The Labute approximate surface area is 204 Å². The number of anilines is 2. The SMILES string of the molecule is COc1cc(OC)c(F)c(N2Cc3cnc4c(ccn4COCCS(C)(C)C)c3N(C)C2=O)c1F. The highest BCUT2D eigenvalue weighted by Gasteiger charge is 2.36. The number of benzene rings is 1. The Morgan fingerprint density at radius 1 is 1.09 bits per heavy atom. The largest absolute Gasteiger partial charge is 0.493 e. The molecule has 0 aliphatic carbocycles. The molecule has 35 heavy (non-hydrogen) atoms. The summed E-state index contributed by atoms with van der Waals surface area (Å²) in [6, 6.07) is 2.39. The van der Waals surface area contributed by atoms with Gasteiger partial charge in [-0.25, -0.2) is 28.6 Å². The maximum atomic E-state index is 15.1. The maximum Gasteiger partial charge on any atom is 0.329 e. The lowest BCUT2D eigenvalue weighted by Gasteiger charge is -2.35. The second kappa shape index (κ2) is 9.54. The van der Waals surface area contributed by atoms with E-state index < -0.39 is 33.4 Å². The first kappa shape index (κ1) is 25.1. The van der Waals surface area contributed by atoms with E-state index in [1.54, 1.807) is 13.2 Å². The molecule has 190 valence electrons. The molecular weight excluding hydrogens is 478 g/mol. The normalized spacial score (nSPS) is 14.5. The number of fused-ring (bicyclic) bond motifs is 3. The highest BCUT2D eigenvalue weighted by molar-refractivity contribution is 8.32. The summed E-state index contributed by atoms with van der Waals surface area (Å²) in [6.45, 7) is 0.925. The summed E-state index contributed by atoms with van der Waals surface area (Å²) >= 11 is 0. The summed E-state index contributed by atoms with van der Waals surface area (Å²) in [4.78, 5) is 20.3. The third-order valence-electron chi connectivity index (χ3n) is 5.91. The van der Waals surface area contributed by atoms with Crippen molar-refractivity contribution in [3.8, 4) is 11.5 Å². The summed E-state index contributed by atoms with van der Waals surface area (Å²) in [6.07, 6.45) is 10.2. The molecule has 1 aliphatic rings. The second-order valence-electron chi connectivity index (χ2n) is 9.17. The van der Waals surface area contributed by atoms with Gasteiger partial charge in [0.05, 0.1) is 33.1 Å². The molecule has 4 rings (SSSR count). The number of ether oxygens (including phenoxy) is 3. The van der Waals surface area contributed by atoms with Crippen molar-refractivity contribution in [1.82, 2.24) is 9.55 Å².